The molecule has 0 saturated carbocycles. The predicted octanol–water partition coefficient (Wildman–Crippen LogP) is 4.69. The van der Waals surface area contributed by atoms with Gasteiger partial charge < -0.3 is 0 Å². The van der Waals surface area contributed by atoms with Gasteiger partial charge in [0.2, 0.25) is 0 Å². The van der Waals surface area contributed by atoms with Gasteiger partial charge in [-0.1, -0.05) is 60.7 Å². The van der Waals surface area contributed by atoms with Gasteiger partial charge in [-0.25, -0.2) is 0 Å². The first kappa shape index (κ1) is 13.7. The van der Waals surface area contributed by atoms with Gasteiger partial charge in [0.1, 0.15) is 0 Å². The van der Waals surface area contributed by atoms with Crippen LogP contribution in [0.1, 0.15) is 29.0 Å². The lowest BCUT2D eigenvalue weighted by Gasteiger charge is -2.16. The van der Waals surface area contributed by atoms with Gasteiger partial charge in [-0.15, -0.1) is 0 Å². The number of benzene rings is 3. The summed E-state index contributed by atoms with van der Waals surface area (Å²) in [5.41, 5.74) is 4.35. The summed E-state index contributed by atoms with van der Waals surface area (Å²) in [4.78, 5) is 4.80. The van der Waals surface area contributed by atoms with Crippen molar-refractivity contribution in [1.29, 1.82) is 5.26 Å². The van der Waals surface area contributed by atoms with E-state index in [-0.39, 0.29) is 0 Å². The highest BCUT2D eigenvalue weighted by atomic mass is 14.8. The van der Waals surface area contributed by atoms with E-state index in [1.54, 1.807) is 0 Å². The molecule has 1 aliphatic heterocycles. The average molecular weight is 296 g/mol. The second-order valence-electron chi connectivity index (χ2n) is 5.84. The third-order valence-electron chi connectivity index (χ3n) is 4.55. The number of fused-ring (bicyclic) bond motifs is 1. The fourth-order valence-electron chi connectivity index (χ4n) is 3.46. The first-order valence-electron chi connectivity index (χ1n) is 7.90. The number of hydrogen-bond donors (Lipinski definition) is 0. The lowest BCUT2D eigenvalue weighted by atomic mass is 9.87. The molecule has 3 aromatic rings. The molecule has 0 saturated heterocycles. The minimum absolute atomic E-state index is 0.340. The fraction of sp³-hybridized carbons (Fsp3) is 0.143. The highest BCUT2D eigenvalue weighted by Crippen LogP contribution is 2.33. The number of rotatable bonds is 2. The lowest BCUT2D eigenvalue weighted by Crippen LogP contribution is -2.10. The van der Waals surface area contributed by atoms with Crippen LogP contribution in [0.25, 0.3) is 10.8 Å². The van der Waals surface area contributed by atoms with Gasteiger partial charge in [0.15, 0.2) is 0 Å². The van der Waals surface area contributed by atoms with Crippen LogP contribution in [0, 0.1) is 11.3 Å². The molecule has 1 heterocycles. The minimum atomic E-state index is 0.340. The molecule has 2 nitrogen and oxygen atoms in total. The van der Waals surface area contributed by atoms with Crippen molar-refractivity contribution in [1.82, 2.24) is 0 Å². The third-order valence-corrected chi connectivity index (χ3v) is 4.55. The standard InChI is InChI=1S/C21H16N2/c22-14-16-10-11-20(19-9-5-4-8-17(16)19)21-18(12-13-23-21)15-6-2-1-3-7-15/h1-11,18H,12-13H2. The van der Waals surface area contributed by atoms with Crippen LogP contribution in [-0.4, -0.2) is 12.3 Å². The topological polar surface area (TPSA) is 36.1 Å². The molecule has 1 atom stereocenters. The molecule has 3 aromatic carbocycles. The van der Waals surface area contributed by atoms with Gasteiger partial charge in [0, 0.05) is 23.4 Å². The molecule has 0 bridgehead atoms. The van der Waals surface area contributed by atoms with Gasteiger partial charge in [0.25, 0.3) is 0 Å². The largest absolute Gasteiger partial charge is 0.288 e. The Bertz CT molecular complexity index is 933. The zero-order valence-electron chi connectivity index (χ0n) is 12.7. The van der Waals surface area contributed by atoms with E-state index in [0.717, 1.165) is 40.6 Å². The van der Waals surface area contributed by atoms with E-state index in [9.17, 15) is 5.26 Å². The van der Waals surface area contributed by atoms with E-state index in [0.29, 0.717) is 5.92 Å². The number of nitriles is 1. The molecule has 23 heavy (non-hydrogen) atoms. The molecule has 0 radical (unpaired) electrons. The van der Waals surface area contributed by atoms with E-state index < -0.39 is 0 Å². The Hall–Kier alpha value is -2.92. The Morgan fingerprint density at radius 3 is 2.39 bits per heavy atom. The van der Waals surface area contributed by atoms with Gasteiger partial charge in [0.05, 0.1) is 17.3 Å². The van der Waals surface area contributed by atoms with Crippen molar-refractivity contribution < 1.29 is 0 Å². The molecule has 1 unspecified atom stereocenters. The molecule has 0 spiro atoms. The zero-order chi connectivity index (χ0) is 15.6. The summed E-state index contributed by atoms with van der Waals surface area (Å²) in [5, 5.41) is 11.5. The summed E-state index contributed by atoms with van der Waals surface area (Å²) in [5.74, 6) is 0.340. The van der Waals surface area contributed by atoms with Crippen LogP contribution < -0.4 is 0 Å². The molecule has 1 aliphatic rings. The Labute approximate surface area is 135 Å². The Kier molecular flexibility index (Phi) is 3.40. The smallest absolute Gasteiger partial charge is 0.0998 e. The van der Waals surface area contributed by atoms with E-state index in [1.165, 1.54) is 5.56 Å². The molecule has 0 aromatic heterocycles. The maximum Gasteiger partial charge on any atom is 0.0998 e. The molecule has 0 amide bonds. The summed E-state index contributed by atoms with van der Waals surface area (Å²) in [7, 11) is 0. The van der Waals surface area contributed by atoms with E-state index in [2.05, 4.69) is 42.5 Å². The van der Waals surface area contributed by atoms with Crippen LogP contribution in [0.3, 0.4) is 0 Å². The van der Waals surface area contributed by atoms with Gasteiger partial charge in [-0.05, 0) is 23.4 Å². The molecule has 4 rings (SSSR count). The van der Waals surface area contributed by atoms with Crippen molar-refractivity contribution in [3.8, 4) is 6.07 Å². The number of aliphatic imine (C=N–C) groups is 1. The molecular weight excluding hydrogens is 280 g/mol. The second kappa shape index (κ2) is 5.70. The van der Waals surface area contributed by atoms with Crippen molar-refractivity contribution in [2.24, 2.45) is 4.99 Å². The number of hydrogen-bond acceptors (Lipinski definition) is 2. The van der Waals surface area contributed by atoms with Gasteiger partial charge in [-0.3, -0.25) is 4.99 Å². The molecule has 110 valence electrons. The molecule has 0 N–H and O–H groups in total. The van der Waals surface area contributed by atoms with Crippen LogP contribution in [0.4, 0.5) is 0 Å². The average Bonchev–Trinajstić information content (AvgIpc) is 3.11. The Balaban J connectivity index is 1.88. The van der Waals surface area contributed by atoms with Crippen LogP contribution in [0.15, 0.2) is 71.7 Å². The summed E-state index contributed by atoms with van der Waals surface area (Å²) in [6.07, 6.45) is 1.05. The molecule has 2 heteroatoms. The van der Waals surface area contributed by atoms with E-state index in [1.807, 2.05) is 30.3 Å². The first-order valence-corrected chi connectivity index (χ1v) is 7.90. The van der Waals surface area contributed by atoms with E-state index in [4.69, 9.17) is 4.99 Å². The minimum Gasteiger partial charge on any atom is -0.288 e. The molecule has 0 aliphatic carbocycles. The SMILES string of the molecule is N#Cc1ccc(C2=NCCC2c2ccccc2)c2ccccc12. The monoisotopic (exact) mass is 296 g/mol. The summed E-state index contributed by atoms with van der Waals surface area (Å²) >= 11 is 0. The van der Waals surface area contributed by atoms with Crippen LogP contribution in [0.2, 0.25) is 0 Å². The molecular formula is C21H16N2. The summed E-state index contributed by atoms with van der Waals surface area (Å²) in [6, 6.07) is 25.0. The Morgan fingerprint density at radius 1 is 0.870 bits per heavy atom. The summed E-state index contributed by atoms with van der Waals surface area (Å²) in [6.45, 7) is 0.864. The van der Waals surface area contributed by atoms with Crippen LogP contribution >= 0.6 is 0 Å². The maximum atomic E-state index is 9.34. The Morgan fingerprint density at radius 2 is 1.61 bits per heavy atom. The van der Waals surface area contributed by atoms with Gasteiger partial charge in [-0.2, -0.15) is 5.26 Å². The van der Waals surface area contributed by atoms with Crippen molar-refractivity contribution >= 4 is 16.5 Å². The first-order chi connectivity index (χ1) is 11.4. The van der Waals surface area contributed by atoms with Crippen molar-refractivity contribution in [3.63, 3.8) is 0 Å². The highest BCUT2D eigenvalue weighted by Gasteiger charge is 2.25. The summed E-state index contributed by atoms with van der Waals surface area (Å²) < 4.78 is 0. The third kappa shape index (κ3) is 2.31. The highest BCUT2D eigenvalue weighted by molar-refractivity contribution is 6.15. The van der Waals surface area contributed by atoms with Crippen molar-refractivity contribution in [2.75, 3.05) is 6.54 Å². The molecule has 0 fully saturated rings. The van der Waals surface area contributed by atoms with E-state index >= 15 is 0 Å². The van der Waals surface area contributed by atoms with Crippen molar-refractivity contribution in [2.45, 2.75) is 12.3 Å². The lowest BCUT2D eigenvalue weighted by molar-refractivity contribution is 0.842. The second-order valence-corrected chi connectivity index (χ2v) is 5.84. The van der Waals surface area contributed by atoms with Crippen molar-refractivity contribution in [3.05, 3.63) is 83.4 Å². The normalized spacial score (nSPS) is 17.0. The number of nitrogens with zero attached hydrogens (tertiary/aromatic N) is 2. The van der Waals surface area contributed by atoms with Crippen LogP contribution in [0.5, 0.6) is 0 Å². The van der Waals surface area contributed by atoms with Crippen LogP contribution in [-0.2, 0) is 0 Å². The zero-order valence-corrected chi connectivity index (χ0v) is 12.7. The quantitative estimate of drug-likeness (QED) is 0.676. The fourth-order valence-corrected chi connectivity index (χ4v) is 3.46. The van der Waals surface area contributed by atoms with Gasteiger partial charge >= 0.3 is 0 Å². The maximum absolute atomic E-state index is 9.34. The predicted molar refractivity (Wildman–Crippen MR) is 93.9 cm³/mol.